The molecule has 90 valence electrons. The topological polar surface area (TPSA) is 26.0 Å². The molecule has 16 heavy (non-hydrogen) atoms. The Morgan fingerprint density at radius 2 is 2.00 bits per heavy atom. The molecule has 0 bridgehead atoms. The molecule has 3 heteroatoms. The van der Waals surface area contributed by atoms with Crippen LogP contribution in [0.1, 0.15) is 26.3 Å². The van der Waals surface area contributed by atoms with Gasteiger partial charge in [0, 0.05) is 5.02 Å². The molecule has 1 aromatic rings. The molecule has 0 saturated heterocycles. The lowest BCUT2D eigenvalue weighted by molar-refractivity contribution is 0.246. The van der Waals surface area contributed by atoms with Gasteiger partial charge in [0.1, 0.15) is 5.82 Å². The van der Waals surface area contributed by atoms with Crippen molar-refractivity contribution in [3.8, 4) is 0 Å². The van der Waals surface area contributed by atoms with E-state index in [-0.39, 0.29) is 11.2 Å². The van der Waals surface area contributed by atoms with Crippen LogP contribution < -0.4 is 5.73 Å². The molecule has 0 heterocycles. The number of hydrogen-bond acceptors (Lipinski definition) is 1. The van der Waals surface area contributed by atoms with Crippen molar-refractivity contribution in [3.05, 3.63) is 34.6 Å². The Morgan fingerprint density at radius 3 is 2.44 bits per heavy atom. The zero-order valence-electron chi connectivity index (χ0n) is 10.1. The molecule has 0 saturated carbocycles. The lowest BCUT2D eigenvalue weighted by Crippen LogP contribution is -2.30. The molecule has 2 N–H and O–H groups in total. The summed E-state index contributed by atoms with van der Waals surface area (Å²) in [5.74, 6) is 0.0456. The van der Waals surface area contributed by atoms with Crippen LogP contribution in [0.2, 0.25) is 5.02 Å². The third-order valence-electron chi connectivity index (χ3n) is 2.99. The fourth-order valence-corrected chi connectivity index (χ4v) is 1.94. The summed E-state index contributed by atoms with van der Waals surface area (Å²) >= 11 is 6.00. The highest BCUT2D eigenvalue weighted by atomic mass is 35.5. The van der Waals surface area contributed by atoms with Gasteiger partial charge in [0.25, 0.3) is 0 Å². The van der Waals surface area contributed by atoms with Gasteiger partial charge >= 0.3 is 0 Å². The zero-order valence-corrected chi connectivity index (χ0v) is 10.8. The Labute approximate surface area is 102 Å². The predicted octanol–water partition coefficient (Wildman–Crippen LogP) is 3.64. The fourth-order valence-electron chi connectivity index (χ4n) is 1.70. The summed E-state index contributed by atoms with van der Waals surface area (Å²) < 4.78 is 12.9. The van der Waals surface area contributed by atoms with E-state index < -0.39 is 0 Å². The number of halogens is 2. The second-order valence-electron chi connectivity index (χ2n) is 5.24. The van der Waals surface area contributed by atoms with Crippen molar-refractivity contribution in [2.75, 3.05) is 6.54 Å². The van der Waals surface area contributed by atoms with Crippen LogP contribution in [0.15, 0.2) is 18.2 Å². The molecule has 0 aliphatic carbocycles. The summed E-state index contributed by atoms with van der Waals surface area (Å²) in [7, 11) is 0. The maximum atomic E-state index is 12.9. The van der Waals surface area contributed by atoms with Crippen LogP contribution in [0.3, 0.4) is 0 Å². The van der Waals surface area contributed by atoms with Crippen molar-refractivity contribution in [1.82, 2.24) is 0 Å². The van der Waals surface area contributed by atoms with E-state index in [4.69, 9.17) is 17.3 Å². The standard InChI is InChI=1S/C13H19ClFN/c1-13(2,3)10(8-16)6-9-4-5-11(15)7-12(9)14/h4-5,7,10H,6,8,16H2,1-3H3. The van der Waals surface area contributed by atoms with Gasteiger partial charge in [-0.3, -0.25) is 0 Å². The number of nitrogens with two attached hydrogens (primary N) is 1. The Bertz CT molecular complexity index is 357. The van der Waals surface area contributed by atoms with E-state index in [1.807, 2.05) is 0 Å². The van der Waals surface area contributed by atoms with E-state index in [2.05, 4.69) is 20.8 Å². The van der Waals surface area contributed by atoms with Crippen LogP contribution in [0.5, 0.6) is 0 Å². The quantitative estimate of drug-likeness (QED) is 0.862. The summed E-state index contributed by atoms with van der Waals surface area (Å²) in [5.41, 5.74) is 6.87. The molecule has 0 fully saturated rings. The lowest BCUT2D eigenvalue weighted by Gasteiger charge is -2.30. The SMILES string of the molecule is CC(C)(C)C(CN)Cc1ccc(F)cc1Cl. The van der Waals surface area contributed by atoms with Crippen molar-refractivity contribution < 1.29 is 4.39 Å². The fraction of sp³-hybridized carbons (Fsp3) is 0.538. The van der Waals surface area contributed by atoms with Crippen molar-refractivity contribution in [2.45, 2.75) is 27.2 Å². The van der Waals surface area contributed by atoms with Gasteiger partial charge in [-0.15, -0.1) is 0 Å². The van der Waals surface area contributed by atoms with Crippen LogP contribution in [0.4, 0.5) is 4.39 Å². The van der Waals surface area contributed by atoms with E-state index in [9.17, 15) is 4.39 Å². The van der Waals surface area contributed by atoms with Crippen molar-refractivity contribution >= 4 is 11.6 Å². The first-order chi connectivity index (χ1) is 7.34. The van der Waals surface area contributed by atoms with Gasteiger partial charge in [-0.25, -0.2) is 4.39 Å². The van der Waals surface area contributed by atoms with Gasteiger partial charge in [0.15, 0.2) is 0 Å². The molecular weight excluding hydrogens is 225 g/mol. The Kier molecular flexibility index (Phi) is 4.34. The molecule has 0 aliphatic heterocycles. The molecular formula is C13H19ClFN. The summed E-state index contributed by atoms with van der Waals surface area (Å²) in [4.78, 5) is 0. The number of rotatable bonds is 3. The molecule has 1 rings (SSSR count). The summed E-state index contributed by atoms with van der Waals surface area (Å²) in [6, 6.07) is 4.54. The van der Waals surface area contributed by atoms with Crippen molar-refractivity contribution in [2.24, 2.45) is 17.1 Å². The highest BCUT2D eigenvalue weighted by molar-refractivity contribution is 6.31. The maximum Gasteiger partial charge on any atom is 0.124 e. The number of hydrogen-bond donors (Lipinski definition) is 1. The molecule has 1 unspecified atom stereocenters. The van der Waals surface area contributed by atoms with E-state index in [0.717, 1.165) is 12.0 Å². The van der Waals surface area contributed by atoms with E-state index >= 15 is 0 Å². The third kappa shape index (κ3) is 3.46. The third-order valence-corrected chi connectivity index (χ3v) is 3.34. The highest BCUT2D eigenvalue weighted by Gasteiger charge is 2.24. The van der Waals surface area contributed by atoms with Crippen LogP contribution in [0, 0.1) is 17.2 Å². The van der Waals surface area contributed by atoms with Gasteiger partial charge in [0.05, 0.1) is 0 Å². The van der Waals surface area contributed by atoms with Crippen LogP contribution in [-0.2, 0) is 6.42 Å². The van der Waals surface area contributed by atoms with Crippen LogP contribution in [-0.4, -0.2) is 6.54 Å². The maximum absolute atomic E-state index is 12.9. The van der Waals surface area contributed by atoms with Gasteiger partial charge in [-0.05, 0) is 42.0 Å². The molecule has 0 aliphatic rings. The van der Waals surface area contributed by atoms with Gasteiger partial charge < -0.3 is 5.73 Å². The molecule has 0 aromatic heterocycles. The Morgan fingerprint density at radius 1 is 1.38 bits per heavy atom. The van der Waals surface area contributed by atoms with Crippen molar-refractivity contribution in [1.29, 1.82) is 0 Å². The minimum atomic E-state index is -0.297. The molecule has 0 radical (unpaired) electrons. The molecule has 0 amide bonds. The monoisotopic (exact) mass is 243 g/mol. The van der Waals surface area contributed by atoms with Crippen LogP contribution in [0.25, 0.3) is 0 Å². The molecule has 1 aromatic carbocycles. The molecule has 1 atom stereocenters. The summed E-state index contributed by atoms with van der Waals surface area (Å²) in [6.45, 7) is 7.07. The van der Waals surface area contributed by atoms with Crippen LogP contribution >= 0.6 is 11.6 Å². The van der Waals surface area contributed by atoms with Gasteiger partial charge in [-0.1, -0.05) is 38.4 Å². The van der Waals surface area contributed by atoms with Gasteiger partial charge in [-0.2, -0.15) is 0 Å². The second-order valence-corrected chi connectivity index (χ2v) is 5.65. The van der Waals surface area contributed by atoms with Crippen molar-refractivity contribution in [3.63, 3.8) is 0 Å². The normalized spacial score (nSPS) is 13.9. The summed E-state index contributed by atoms with van der Waals surface area (Å²) in [5, 5.41) is 0.489. The second kappa shape index (κ2) is 5.15. The molecule has 0 spiro atoms. The van der Waals surface area contributed by atoms with E-state index in [1.54, 1.807) is 6.07 Å². The Hall–Kier alpha value is -0.600. The summed E-state index contributed by atoms with van der Waals surface area (Å²) in [6.07, 6.45) is 0.791. The van der Waals surface area contributed by atoms with E-state index in [0.29, 0.717) is 17.5 Å². The Balaban J connectivity index is 2.86. The highest BCUT2D eigenvalue weighted by Crippen LogP contribution is 2.30. The number of benzene rings is 1. The average molecular weight is 244 g/mol. The molecule has 1 nitrogen and oxygen atoms in total. The first kappa shape index (κ1) is 13.5. The predicted molar refractivity (Wildman–Crippen MR) is 67.1 cm³/mol. The minimum Gasteiger partial charge on any atom is -0.330 e. The first-order valence-corrected chi connectivity index (χ1v) is 5.86. The average Bonchev–Trinajstić information content (AvgIpc) is 2.14. The smallest absolute Gasteiger partial charge is 0.124 e. The zero-order chi connectivity index (χ0) is 12.3. The minimum absolute atomic E-state index is 0.131. The van der Waals surface area contributed by atoms with Gasteiger partial charge in [0.2, 0.25) is 0 Å². The largest absolute Gasteiger partial charge is 0.330 e. The lowest BCUT2D eigenvalue weighted by atomic mass is 9.77. The first-order valence-electron chi connectivity index (χ1n) is 5.48. The van der Waals surface area contributed by atoms with E-state index in [1.165, 1.54) is 12.1 Å².